The van der Waals surface area contributed by atoms with E-state index in [0.29, 0.717) is 0 Å². The molecular formula is C9H4ClF8NO. The molecule has 0 amide bonds. The van der Waals surface area contributed by atoms with E-state index in [4.69, 9.17) is 11.6 Å². The number of halogens is 9. The molecule has 2 nitrogen and oxygen atoms in total. The minimum Gasteiger partial charge on any atom is -0.403 e. The highest BCUT2D eigenvalue weighted by molar-refractivity contribution is 6.17. The lowest BCUT2D eigenvalue weighted by Crippen LogP contribution is -2.23. The summed E-state index contributed by atoms with van der Waals surface area (Å²) in [5.41, 5.74) is -4.34. The summed E-state index contributed by atoms with van der Waals surface area (Å²) in [7, 11) is 0. The number of hydrogen-bond donors (Lipinski definition) is 0. The number of rotatable bonds is 3. The SMILES string of the molecule is FC(F)c1cnc(C(F)(F)F)c(OC(F)(F)F)c1CCl. The molecule has 0 bridgehead atoms. The van der Waals surface area contributed by atoms with Gasteiger partial charge in [-0.2, -0.15) is 13.2 Å². The Hall–Kier alpha value is -1.32. The van der Waals surface area contributed by atoms with Crippen LogP contribution in [0.4, 0.5) is 35.1 Å². The molecule has 0 fully saturated rings. The van der Waals surface area contributed by atoms with Gasteiger partial charge in [0.25, 0.3) is 6.43 Å². The Kier molecular flexibility index (Phi) is 4.67. The number of nitrogens with zero attached hydrogens (tertiary/aromatic N) is 1. The molecule has 0 saturated carbocycles. The molecule has 1 aromatic heterocycles. The molecule has 20 heavy (non-hydrogen) atoms. The molecule has 1 heterocycles. The minimum atomic E-state index is -5.51. The normalized spacial score (nSPS) is 12.9. The van der Waals surface area contributed by atoms with Crippen molar-refractivity contribution in [3.05, 3.63) is 23.0 Å². The molecule has 1 rings (SSSR count). The fourth-order valence-corrected chi connectivity index (χ4v) is 1.57. The van der Waals surface area contributed by atoms with Gasteiger partial charge in [0.1, 0.15) is 0 Å². The summed E-state index contributed by atoms with van der Waals surface area (Å²) < 4.78 is 102. The Morgan fingerprint density at radius 2 is 1.70 bits per heavy atom. The standard InChI is InChI=1S/C9H4ClF8NO/c10-1-3-4(7(11)12)2-19-6(8(13,14)15)5(3)20-9(16,17)18/h2,7H,1H2. The van der Waals surface area contributed by atoms with Crippen molar-refractivity contribution in [3.63, 3.8) is 0 Å². The smallest absolute Gasteiger partial charge is 0.403 e. The summed E-state index contributed by atoms with van der Waals surface area (Å²) in [5.74, 6) is -2.89. The first-order valence-electron chi connectivity index (χ1n) is 4.66. The van der Waals surface area contributed by atoms with Crippen LogP contribution in [0.25, 0.3) is 0 Å². The maximum Gasteiger partial charge on any atom is 0.573 e. The van der Waals surface area contributed by atoms with Gasteiger partial charge < -0.3 is 4.74 Å². The lowest BCUT2D eigenvalue weighted by atomic mass is 10.1. The predicted molar refractivity (Wildman–Crippen MR) is 50.4 cm³/mol. The van der Waals surface area contributed by atoms with Gasteiger partial charge in [0.15, 0.2) is 11.4 Å². The molecule has 0 radical (unpaired) electrons. The van der Waals surface area contributed by atoms with Crippen molar-refractivity contribution in [2.75, 3.05) is 0 Å². The molecule has 1 aromatic rings. The second kappa shape index (κ2) is 5.58. The monoisotopic (exact) mass is 329 g/mol. The van der Waals surface area contributed by atoms with Crippen molar-refractivity contribution in [2.24, 2.45) is 0 Å². The number of hydrogen-bond acceptors (Lipinski definition) is 2. The van der Waals surface area contributed by atoms with Gasteiger partial charge in [-0.3, -0.25) is 0 Å². The number of alkyl halides is 9. The second-order valence-electron chi connectivity index (χ2n) is 3.35. The van der Waals surface area contributed by atoms with Gasteiger partial charge >= 0.3 is 12.5 Å². The van der Waals surface area contributed by atoms with E-state index in [1.54, 1.807) is 0 Å². The van der Waals surface area contributed by atoms with Crippen molar-refractivity contribution in [2.45, 2.75) is 24.8 Å². The van der Waals surface area contributed by atoms with Gasteiger partial charge in [-0.05, 0) is 0 Å². The van der Waals surface area contributed by atoms with E-state index in [1.165, 1.54) is 0 Å². The van der Waals surface area contributed by atoms with Crippen molar-refractivity contribution >= 4 is 11.6 Å². The highest BCUT2D eigenvalue weighted by atomic mass is 35.5. The van der Waals surface area contributed by atoms with Crippen LogP contribution in [0.15, 0.2) is 6.20 Å². The zero-order chi connectivity index (χ0) is 15.7. The zero-order valence-corrected chi connectivity index (χ0v) is 9.87. The average Bonchev–Trinajstić information content (AvgIpc) is 2.24. The van der Waals surface area contributed by atoms with Crippen LogP contribution in [-0.2, 0) is 12.1 Å². The quantitative estimate of drug-likeness (QED) is 0.593. The maximum atomic E-state index is 12.5. The average molecular weight is 330 g/mol. The molecule has 11 heteroatoms. The molecule has 0 unspecified atom stereocenters. The number of ether oxygens (including phenoxy) is 1. The first kappa shape index (κ1) is 16.7. The third-order valence-corrected chi connectivity index (χ3v) is 2.29. The van der Waals surface area contributed by atoms with Crippen LogP contribution in [0, 0.1) is 0 Å². The van der Waals surface area contributed by atoms with Crippen molar-refractivity contribution in [3.8, 4) is 5.75 Å². The molecule has 0 N–H and O–H groups in total. The van der Waals surface area contributed by atoms with Gasteiger partial charge in [-0.15, -0.1) is 24.8 Å². The van der Waals surface area contributed by atoms with E-state index in [1.807, 2.05) is 0 Å². The molecule has 114 valence electrons. The highest BCUT2D eigenvalue weighted by Crippen LogP contribution is 2.42. The Balaban J connectivity index is 3.56. The van der Waals surface area contributed by atoms with Crippen LogP contribution in [0.5, 0.6) is 5.75 Å². The molecule has 0 aliphatic carbocycles. The fourth-order valence-electron chi connectivity index (χ4n) is 1.30. The van der Waals surface area contributed by atoms with E-state index in [0.717, 1.165) is 0 Å². The second-order valence-corrected chi connectivity index (χ2v) is 3.62. The Morgan fingerprint density at radius 1 is 1.15 bits per heavy atom. The molecule has 0 saturated heterocycles. The first-order chi connectivity index (χ1) is 8.97. The summed E-state index contributed by atoms with van der Waals surface area (Å²) in [6.45, 7) is 0. The van der Waals surface area contributed by atoms with Gasteiger partial charge in [0.05, 0.1) is 5.88 Å². The Morgan fingerprint density at radius 3 is 2.05 bits per heavy atom. The van der Waals surface area contributed by atoms with E-state index in [2.05, 4.69) is 9.72 Å². The number of aromatic nitrogens is 1. The lowest BCUT2D eigenvalue weighted by Gasteiger charge is -2.19. The van der Waals surface area contributed by atoms with Crippen molar-refractivity contribution in [1.82, 2.24) is 4.98 Å². The summed E-state index contributed by atoms with van der Waals surface area (Å²) in [4.78, 5) is 2.58. The fraction of sp³-hybridized carbons (Fsp3) is 0.444. The van der Waals surface area contributed by atoms with E-state index in [9.17, 15) is 35.1 Å². The van der Waals surface area contributed by atoms with E-state index in [-0.39, 0.29) is 6.20 Å². The van der Waals surface area contributed by atoms with Crippen LogP contribution >= 0.6 is 11.6 Å². The molecule has 0 aliphatic heterocycles. The van der Waals surface area contributed by atoms with Crippen LogP contribution in [0.1, 0.15) is 23.2 Å². The summed E-state index contributed by atoms with van der Waals surface area (Å²) >= 11 is 5.16. The van der Waals surface area contributed by atoms with Crippen molar-refractivity contribution in [1.29, 1.82) is 0 Å². The largest absolute Gasteiger partial charge is 0.573 e. The Bertz CT molecular complexity index is 484. The van der Waals surface area contributed by atoms with E-state index < -0.39 is 47.4 Å². The third-order valence-electron chi connectivity index (χ3n) is 2.03. The van der Waals surface area contributed by atoms with Gasteiger partial charge in [-0.25, -0.2) is 13.8 Å². The topological polar surface area (TPSA) is 22.1 Å². The van der Waals surface area contributed by atoms with E-state index >= 15 is 0 Å². The molecule has 0 aliphatic rings. The molecule has 0 spiro atoms. The number of pyridine rings is 1. The summed E-state index contributed by atoms with van der Waals surface area (Å²) in [6, 6.07) is 0. The zero-order valence-electron chi connectivity index (χ0n) is 9.12. The van der Waals surface area contributed by atoms with Crippen molar-refractivity contribution < 1.29 is 39.9 Å². The first-order valence-corrected chi connectivity index (χ1v) is 5.19. The third kappa shape index (κ3) is 3.84. The molecule has 0 atom stereocenters. The van der Waals surface area contributed by atoms with Crippen LogP contribution in [0.3, 0.4) is 0 Å². The predicted octanol–water partition coefficient (Wildman–Crippen LogP) is 4.68. The van der Waals surface area contributed by atoms with Gasteiger partial charge in [0.2, 0.25) is 0 Å². The van der Waals surface area contributed by atoms with Crippen LogP contribution < -0.4 is 4.74 Å². The highest BCUT2D eigenvalue weighted by Gasteiger charge is 2.43. The summed E-state index contributed by atoms with van der Waals surface area (Å²) in [6.07, 6.45) is -14.1. The van der Waals surface area contributed by atoms with Crippen LogP contribution in [0.2, 0.25) is 0 Å². The van der Waals surface area contributed by atoms with Gasteiger partial charge in [-0.1, -0.05) is 0 Å². The molecular weight excluding hydrogens is 326 g/mol. The molecule has 0 aromatic carbocycles. The van der Waals surface area contributed by atoms with Crippen LogP contribution in [-0.4, -0.2) is 11.3 Å². The van der Waals surface area contributed by atoms with Gasteiger partial charge in [0, 0.05) is 17.3 Å². The lowest BCUT2D eigenvalue weighted by molar-refractivity contribution is -0.276. The Labute approximate surface area is 111 Å². The minimum absolute atomic E-state index is 0.119. The maximum absolute atomic E-state index is 12.5. The summed E-state index contributed by atoms with van der Waals surface area (Å²) in [5, 5.41) is 0.